The number of nitrogens with zero attached hydrogens (tertiary/aromatic N) is 1. The van der Waals surface area contributed by atoms with E-state index >= 15 is 0 Å². The Labute approximate surface area is 121 Å². The molecule has 1 aromatic heterocycles. The number of thiazole rings is 1. The van der Waals surface area contributed by atoms with Gasteiger partial charge in [-0.15, -0.1) is 11.3 Å². The van der Waals surface area contributed by atoms with Crippen molar-refractivity contribution >= 4 is 23.1 Å². The Hall–Kier alpha value is -1.92. The number of nitrogens with one attached hydrogen (secondary N) is 2. The van der Waals surface area contributed by atoms with Crippen molar-refractivity contribution in [2.75, 3.05) is 5.32 Å². The van der Waals surface area contributed by atoms with E-state index in [0.29, 0.717) is 12.2 Å². The highest BCUT2D eigenvalue weighted by Gasteiger charge is 2.05. The fraction of sp³-hybridized carbons (Fsp3) is 0.286. The Morgan fingerprint density at radius 2 is 2.30 bits per heavy atom. The van der Waals surface area contributed by atoms with Crippen molar-refractivity contribution in [3.63, 3.8) is 0 Å². The van der Waals surface area contributed by atoms with Gasteiger partial charge in [-0.05, 0) is 31.5 Å². The molecule has 0 fully saturated rings. The first-order valence-corrected chi connectivity index (χ1v) is 7.10. The molecule has 0 saturated carbocycles. The second kappa shape index (κ2) is 6.49. The number of amides is 2. The molecule has 3 N–H and O–H groups in total. The van der Waals surface area contributed by atoms with Crippen LogP contribution in [-0.4, -0.2) is 16.1 Å². The summed E-state index contributed by atoms with van der Waals surface area (Å²) in [6.45, 7) is 4.06. The predicted octanol–water partition coefficient (Wildman–Crippen LogP) is 2.83. The van der Waals surface area contributed by atoms with Crippen molar-refractivity contribution in [1.29, 1.82) is 0 Å². The van der Waals surface area contributed by atoms with Gasteiger partial charge in [0.15, 0.2) is 0 Å². The molecule has 0 aliphatic carbocycles. The van der Waals surface area contributed by atoms with Crippen molar-refractivity contribution in [1.82, 2.24) is 10.3 Å². The van der Waals surface area contributed by atoms with Gasteiger partial charge in [0.2, 0.25) is 0 Å². The second-order valence-electron chi connectivity index (χ2n) is 4.45. The number of carbonyl (C=O) groups is 1. The van der Waals surface area contributed by atoms with Crippen LogP contribution in [0.25, 0.3) is 0 Å². The van der Waals surface area contributed by atoms with Crippen molar-refractivity contribution in [3.8, 4) is 0 Å². The molecule has 0 saturated heterocycles. The van der Waals surface area contributed by atoms with E-state index in [-0.39, 0.29) is 6.03 Å². The van der Waals surface area contributed by atoms with Gasteiger partial charge in [0.1, 0.15) is 0 Å². The minimum Gasteiger partial charge on any atom is -0.389 e. The number of hydrogen-bond acceptors (Lipinski definition) is 4. The van der Waals surface area contributed by atoms with Gasteiger partial charge < -0.3 is 15.7 Å². The maximum atomic E-state index is 11.8. The number of urea groups is 1. The van der Waals surface area contributed by atoms with E-state index in [9.17, 15) is 9.90 Å². The molecule has 5 nitrogen and oxygen atoms in total. The maximum absolute atomic E-state index is 11.8. The quantitative estimate of drug-likeness (QED) is 0.811. The SMILES string of the molecule is Cc1ncc(CNC(=O)Nc2cccc(C(C)O)c2)s1. The number of benzene rings is 1. The Morgan fingerprint density at radius 3 is 2.95 bits per heavy atom. The van der Waals surface area contributed by atoms with E-state index in [2.05, 4.69) is 15.6 Å². The number of hydrogen-bond donors (Lipinski definition) is 3. The largest absolute Gasteiger partial charge is 0.389 e. The van der Waals surface area contributed by atoms with Crippen LogP contribution in [0.4, 0.5) is 10.5 Å². The monoisotopic (exact) mass is 291 g/mol. The fourth-order valence-corrected chi connectivity index (χ4v) is 2.44. The molecular weight excluding hydrogens is 274 g/mol. The average molecular weight is 291 g/mol. The molecule has 1 aromatic carbocycles. The van der Waals surface area contributed by atoms with Crippen LogP contribution in [0.2, 0.25) is 0 Å². The third kappa shape index (κ3) is 4.04. The maximum Gasteiger partial charge on any atom is 0.319 e. The molecule has 0 radical (unpaired) electrons. The van der Waals surface area contributed by atoms with E-state index in [4.69, 9.17) is 0 Å². The van der Waals surface area contributed by atoms with Crippen molar-refractivity contribution < 1.29 is 9.90 Å². The van der Waals surface area contributed by atoms with Crippen molar-refractivity contribution in [2.45, 2.75) is 26.5 Å². The van der Waals surface area contributed by atoms with Gasteiger partial charge in [-0.1, -0.05) is 12.1 Å². The topological polar surface area (TPSA) is 74.2 Å². The number of anilines is 1. The van der Waals surface area contributed by atoms with Gasteiger partial charge in [0, 0.05) is 16.8 Å². The third-order valence-corrected chi connectivity index (χ3v) is 3.63. The summed E-state index contributed by atoms with van der Waals surface area (Å²) in [5, 5.41) is 16.0. The van der Waals surface area contributed by atoms with Gasteiger partial charge in [-0.25, -0.2) is 9.78 Å². The third-order valence-electron chi connectivity index (χ3n) is 2.72. The zero-order valence-corrected chi connectivity index (χ0v) is 12.2. The predicted molar refractivity (Wildman–Crippen MR) is 79.8 cm³/mol. The molecule has 106 valence electrons. The van der Waals surface area contributed by atoms with Crippen LogP contribution >= 0.6 is 11.3 Å². The molecule has 1 atom stereocenters. The zero-order valence-electron chi connectivity index (χ0n) is 11.4. The highest BCUT2D eigenvalue weighted by molar-refractivity contribution is 7.11. The second-order valence-corrected chi connectivity index (χ2v) is 5.77. The van der Waals surface area contributed by atoms with Crippen molar-refractivity contribution in [2.24, 2.45) is 0 Å². The normalized spacial score (nSPS) is 11.9. The first-order chi connectivity index (χ1) is 9.54. The van der Waals surface area contributed by atoms with Crippen LogP contribution in [0.1, 0.15) is 28.5 Å². The summed E-state index contributed by atoms with van der Waals surface area (Å²) in [4.78, 5) is 16.9. The van der Waals surface area contributed by atoms with E-state index in [1.54, 1.807) is 42.7 Å². The summed E-state index contributed by atoms with van der Waals surface area (Å²) < 4.78 is 0. The van der Waals surface area contributed by atoms with Crippen LogP contribution in [0, 0.1) is 6.92 Å². The van der Waals surface area contributed by atoms with E-state index in [1.165, 1.54) is 0 Å². The molecule has 2 rings (SSSR count). The Morgan fingerprint density at radius 1 is 1.50 bits per heavy atom. The lowest BCUT2D eigenvalue weighted by molar-refractivity contribution is 0.199. The molecule has 0 bridgehead atoms. The number of carbonyl (C=O) groups excluding carboxylic acids is 1. The summed E-state index contributed by atoms with van der Waals surface area (Å²) in [7, 11) is 0. The Kier molecular flexibility index (Phi) is 4.70. The molecule has 0 spiro atoms. The summed E-state index contributed by atoms with van der Waals surface area (Å²) in [6.07, 6.45) is 1.20. The van der Waals surface area contributed by atoms with Crippen LogP contribution < -0.4 is 10.6 Å². The molecule has 1 unspecified atom stereocenters. The van der Waals surface area contributed by atoms with Crippen LogP contribution in [0.5, 0.6) is 0 Å². The van der Waals surface area contributed by atoms with Gasteiger partial charge in [-0.3, -0.25) is 0 Å². The minimum atomic E-state index is -0.556. The lowest BCUT2D eigenvalue weighted by Gasteiger charge is -2.09. The van der Waals surface area contributed by atoms with E-state index in [0.717, 1.165) is 15.4 Å². The standard InChI is InChI=1S/C14H17N3O2S/c1-9(18)11-4-3-5-12(6-11)17-14(19)16-8-13-7-15-10(2)20-13/h3-7,9,18H,8H2,1-2H3,(H2,16,17,19). The molecule has 2 amide bonds. The number of rotatable bonds is 4. The highest BCUT2D eigenvalue weighted by atomic mass is 32.1. The molecule has 2 aromatic rings. The highest BCUT2D eigenvalue weighted by Crippen LogP contribution is 2.17. The molecule has 6 heteroatoms. The number of aryl methyl sites for hydroxylation is 1. The molecule has 20 heavy (non-hydrogen) atoms. The van der Waals surface area contributed by atoms with Gasteiger partial charge >= 0.3 is 6.03 Å². The molecule has 0 aliphatic rings. The fourth-order valence-electron chi connectivity index (χ4n) is 1.71. The Balaban J connectivity index is 1.89. The number of aliphatic hydroxyl groups is 1. The van der Waals surface area contributed by atoms with E-state index < -0.39 is 6.10 Å². The van der Waals surface area contributed by atoms with Gasteiger partial charge in [0.05, 0.1) is 17.7 Å². The van der Waals surface area contributed by atoms with Gasteiger partial charge in [0.25, 0.3) is 0 Å². The van der Waals surface area contributed by atoms with Crippen LogP contribution in [-0.2, 0) is 6.54 Å². The van der Waals surface area contributed by atoms with Crippen molar-refractivity contribution in [3.05, 3.63) is 45.9 Å². The minimum absolute atomic E-state index is 0.279. The van der Waals surface area contributed by atoms with E-state index in [1.807, 2.05) is 13.0 Å². The van der Waals surface area contributed by atoms with Crippen LogP contribution in [0.3, 0.4) is 0 Å². The van der Waals surface area contributed by atoms with Gasteiger partial charge in [-0.2, -0.15) is 0 Å². The number of aromatic nitrogens is 1. The lowest BCUT2D eigenvalue weighted by Crippen LogP contribution is -2.27. The first kappa shape index (κ1) is 14.5. The lowest BCUT2D eigenvalue weighted by atomic mass is 10.1. The average Bonchev–Trinajstić information content (AvgIpc) is 2.82. The number of aliphatic hydroxyl groups excluding tert-OH is 1. The molecular formula is C14H17N3O2S. The molecule has 1 heterocycles. The molecule has 0 aliphatic heterocycles. The zero-order chi connectivity index (χ0) is 14.5. The smallest absolute Gasteiger partial charge is 0.319 e. The summed E-state index contributed by atoms with van der Waals surface area (Å²) in [6, 6.07) is 6.86. The summed E-state index contributed by atoms with van der Waals surface area (Å²) in [5.74, 6) is 0. The first-order valence-electron chi connectivity index (χ1n) is 6.29. The summed E-state index contributed by atoms with van der Waals surface area (Å²) in [5.41, 5.74) is 1.42. The summed E-state index contributed by atoms with van der Waals surface area (Å²) >= 11 is 1.56. The Bertz CT molecular complexity index is 596. The van der Waals surface area contributed by atoms with Crippen LogP contribution in [0.15, 0.2) is 30.5 Å².